The standard InChI is InChI=1S/C22H28O4/c1-13(23)25-19-9-7-15-6-8-16-17(20(15)21(19)26-14(2)24)10-12-22(3)11-4-5-18(16)22/h7,9,16-18H,4-6,8,10-12H2,1-3H3/t16-,17+,18+,22+/m1/s1. The van der Waals surface area contributed by atoms with Crippen LogP contribution in [-0.2, 0) is 16.0 Å². The molecule has 4 nitrogen and oxygen atoms in total. The Kier molecular flexibility index (Phi) is 4.32. The van der Waals surface area contributed by atoms with Crippen molar-refractivity contribution in [1.82, 2.24) is 0 Å². The van der Waals surface area contributed by atoms with E-state index in [0.717, 1.165) is 24.3 Å². The van der Waals surface area contributed by atoms with E-state index in [1.54, 1.807) is 6.07 Å². The number of hydrogen-bond donors (Lipinski definition) is 0. The first kappa shape index (κ1) is 17.6. The first-order valence-corrected chi connectivity index (χ1v) is 9.91. The summed E-state index contributed by atoms with van der Waals surface area (Å²) in [5, 5.41) is 0. The van der Waals surface area contributed by atoms with E-state index in [-0.39, 0.29) is 5.97 Å². The van der Waals surface area contributed by atoms with Crippen LogP contribution >= 0.6 is 0 Å². The van der Waals surface area contributed by atoms with Crippen molar-refractivity contribution in [2.45, 2.75) is 71.6 Å². The Morgan fingerprint density at radius 1 is 1.04 bits per heavy atom. The number of fused-ring (bicyclic) bond motifs is 5. The lowest BCUT2D eigenvalue weighted by atomic mass is 9.56. The van der Waals surface area contributed by atoms with E-state index in [4.69, 9.17) is 9.47 Å². The molecule has 0 heterocycles. The topological polar surface area (TPSA) is 52.6 Å². The summed E-state index contributed by atoms with van der Waals surface area (Å²) in [6.45, 7) is 5.26. The number of esters is 2. The van der Waals surface area contributed by atoms with Gasteiger partial charge in [-0.25, -0.2) is 0 Å². The molecule has 140 valence electrons. The van der Waals surface area contributed by atoms with Gasteiger partial charge in [-0.1, -0.05) is 19.4 Å². The summed E-state index contributed by atoms with van der Waals surface area (Å²) in [7, 11) is 0. The van der Waals surface area contributed by atoms with Gasteiger partial charge in [0.1, 0.15) is 0 Å². The lowest BCUT2D eigenvalue weighted by Gasteiger charge is -2.49. The molecule has 3 aliphatic carbocycles. The molecule has 0 spiro atoms. The van der Waals surface area contributed by atoms with Gasteiger partial charge in [-0.2, -0.15) is 0 Å². The number of benzene rings is 1. The van der Waals surface area contributed by atoms with Crippen LogP contribution < -0.4 is 9.47 Å². The molecule has 0 aromatic heterocycles. The fourth-order valence-corrected chi connectivity index (χ4v) is 6.09. The van der Waals surface area contributed by atoms with Gasteiger partial charge in [0, 0.05) is 19.4 Å². The summed E-state index contributed by atoms with van der Waals surface area (Å²) in [5.74, 6) is 1.92. The highest BCUT2D eigenvalue weighted by Crippen LogP contribution is 2.62. The van der Waals surface area contributed by atoms with E-state index in [2.05, 4.69) is 13.0 Å². The highest BCUT2D eigenvalue weighted by Gasteiger charge is 2.51. The molecule has 0 N–H and O–H groups in total. The minimum absolute atomic E-state index is 0.365. The maximum absolute atomic E-state index is 11.8. The SMILES string of the molecule is CC(=O)Oc1ccc2c(c1OC(C)=O)[C@H]1CC[C@]3(C)CCC[C@H]3[C@@H]1CC2. The van der Waals surface area contributed by atoms with Gasteiger partial charge < -0.3 is 9.47 Å². The fourth-order valence-electron chi connectivity index (χ4n) is 6.09. The molecule has 0 aliphatic heterocycles. The van der Waals surface area contributed by atoms with Gasteiger partial charge in [-0.3, -0.25) is 9.59 Å². The van der Waals surface area contributed by atoms with Gasteiger partial charge in [0.05, 0.1) is 0 Å². The van der Waals surface area contributed by atoms with Crippen LogP contribution in [0.3, 0.4) is 0 Å². The van der Waals surface area contributed by atoms with Gasteiger partial charge in [0.2, 0.25) is 0 Å². The quantitative estimate of drug-likeness (QED) is 0.565. The van der Waals surface area contributed by atoms with Crippen LogP contribution in [0.25, 0.3) is 0 Å². The van der Waals surface area contributed by atoms with Crippen LogP contribution in [0.1, 0.15) is 76.3 Å². The lowest BCUT2D eigenvalue weighted by Crippen LogP contribution is -2.39. The average molecular weight is 356 g/mol. The predicted octanol–water partition coefficient (Wildman–Crippen LogP) is 4.78. The van der Waals surface area contributed by atoms with E-state index in [1.165, 1.54) is 51.5 Å². The van der Waals surface area contributed by atoms with Crippen LogP contribution in [0, 0.1) is 17.3 Å². The summed E-state index contributed by atoms with van der Waals surface area (Å²) >= 11 is 0. The summed E-state index contributed by atoms with van der Waals surface area (Å²) in [6.07, 6.45) is 8.58. The van der Waals surface area contributed by atoms with Gasteiger partial charge in [-0.05, 0) is 73.3 Å². The molecule has 1 aromatic rings. The minimum atomic E-state index is -0.391. The van der Waals surface area contributed by atoms with Gasteiger partial charge in [0.25, 0.3) is 0 Å². The van der Waals surface area contributed by atoms with Gasteiger partial charge >= 0.3 is 11.9 Å². The summed E-state index contributed by atoms with van der Waals surface area (Å²) in [6, 6.07) is 3.83. The monoisotopic (exact) mass is 356 g/mol. The minimum Gasteiger partial charge on any atom is -0.423 e. The fraction of sp³-hybridized carbons (Fsp3) is 0.636. The largest absolute Gasteiger partial charge is 0.423 e. The van der Waals surface area contributed by atoms with Crippen molar-refractivity contribution in [3.8, 4) is 11.5 Å². The Hall–Kier alpha value is -1.84. The molecule has 2 fully saturated rings. The summed E-state index contributed by atoms with van der Waals surface area (Å²) < 4.78 is 11.0. The third-order valence-corrected chi connectivity index (χ3v) is 7.09. The molecule has 3 aliphatic rings. The van der Waals surface area contributed by atoms with E-state index in [0.29, 0.717) is 28.7 Å². The third kappa shape index (κ3) is 2.83. The Bertz CT molecular complexity index is 753. The second-order valence-corrected chi connectivity index (χ2v) is 8.65. The Balaban J connectivity index is 1.79. The number of hydrogen-bond acceptors (Lipinski definition) is 4. The van der Waals surface area contributed by atoms with E-state index in [1.807, 2.05) is 0 Å². The normalized spacial score (nSPS) is 32.2. The predicted molar refractivity (Wildman–Crippen MR) is 98.3 cm³/mol. The van der Waals surface area contributed by atoms with Crippen molar-refractivity contribution in [3.05, 3.63) is 23.3 Å². The number of carbonyl (C=O) groups excluding carboxylic acids is 2. The number of ether oxygens (including phenoxy) is 2. The molecule has 0 radical (unpaired) electrons. The maximum Gasteiger partial charge on any atom is 0.308 e. The van der Waals surface area contributed by atoms with Crippen LogP contribution in [-0.4, -0.2) is 11.9 Å². The molecule has 0 saturated heterocycles. The summed E-state index contributed by atoms with van der Waals surface area (Å²) in [5.41, 5.74) is 2.86. The van der Waals surface area contributed by atoms with Gasteiger partial charge in [-0.15, -0.1) is 0 Å². The lowest BCUT2D eigenvalue weighted by molar-refractivity contribution is -0.134. The Morgan fingerprint density at radius 3 is 2.54 bits per heavy atom. The molecular weight excluding hydrogens is 328 g/mol. The van der Waals surface area contributed by atoms with Crippen molar-refractivity contribution in [1.29, 1.82) is 0 Å². The molecule has 0 unspecified atom stereocenters. The Labute approximate surface area is 155 Å². The first-order valence-electron chi connectivity index (χ1n) is 9.91. The van der Waals surface area contributed by atoms with Crippen LogP contribution in [0.2, 0.25) is 0 Å². The van der Waals surface area contributed by atoms with Crippen molar-refractivity contribution in [2.24, 2.45) is 17.3 Å². The molecule has 1 aromatic carbocycles. The zero-order valence-corrected chi connectivity index (χ0v) is 16.0. The number of rotatable bonds is 2. The second kappa shape index (κ2) is 6.40. The van der Waals surface area contributed by atoms with E-state index < -0.39 is 5.97 Å². The van der Waals surface area contributed by atoms with Crippen LogP contribution in [0.5, 0.6) is 11.5 Å². The molecular formula is C22H28O4. The molecule has 0 amide bonds. The van der Waals surface area contributed by atoms with Gasteiger partial charge in [0.15, 0.2) is 11.5 Å². The molecule has 2 saturated carbocycles. The van der Waals surface area contributed by atoms with E-state index in [9.17, 15) is 9.59 Å². The molecule has 26 heavy (non-hydrogen) atoms. The number of carbonyl (C=O) groups is 2. The maximum atomic E-state index is 11.8. The van der Waals surface area contributed by atoms with Crippen LogP contribution in [0.15, 0.2) is 12.1 Å². The first-order chi connectivity index (χ1) is 12.4. The van der Waals surface area contributed by atoms with Crippen molar-refractivity contribution in [2.75, 3.05) is 0 Å². The summed E-state index contributed by atoms with van der Waals surface area (Å²) in [4.78, 5) is 23.3. The average Bonchev–Trinajstić information content (AvgIpc) is 2.97. The molecule has 4 atom stereocenters. The van der Waals surface area contributed by atoms with E-state index >= 15 is 0 Å². The molecule has 4 heteroatoms. The smallest absolute Gasteiger partial charge is 0.308 e. The van der Waals surface area contributed by atoms with Crippen molar-refractivity contribution < 1.29 is 19.1 Å². The Morgan fingerprint density at radius 2 is 1.81 bits per heavy atom. The number of aryl methyl sites for hydroxylation is 1. The molecule has 0 bridgehead atoms. The zero-order valence-electron chi connectivity index (χ0n) is 16.0. The van der Waals surface area contributed by atoms with Crippen LogP contribution in [0.4, 0.5) is 0 Å². The highest BCUT2D eigenvalue weighted by atomic mass is 16.6. The zero-order chi connectivity index (χ0) is 18.5. The highest BCUT2D eigenvalue weighted by molar-refractivity contribution is 5.75. The van der Waals surface area contributed by atoms with Crippen molar-refractivity contribution >= 4 is 11.9 Å². The van der Waals surface area contributed by atoms with Crippen molar-refractivity contribution in [3.63, 3.8) is 0 Å². The second-order valence-electron chi connectivity index (χ2n) is 8.65. The third-order valence-electron chi connectivity index (χ3n) is 7.09. The molecule has 4 rings (SSSR count).